The molecule has 5 rings (SSSR count). The van der Waals surface area contributed by atoms with Gasteiger partial charge in [-0.1, -0.05) is 0 Å². The Kier molecular flexibility index (Phi) is 2.98. The zero-order valence-electron chi connectivity index (χ0n) is 13.0. The summed E-state index contributed by atoms with van der Waals surface area (Å²) in [7, 11) is 0. The van der Waals surface area contributed by atoms with Crippen LogP contribution in [0, 0.1) is 0 Å². The number of anilines is 2. The fraction of sp³-hybridized carbons (Fsp3) is 0.444. The Morgan fingerprint density at radius 2 is 1.87 bits per heavy atom. The van der Waals surface area contributed by atoms with Crippen LogP contribution in [0.15, 0.2) is 17.5 Å². The Morgan fingerprint density at radius 1 is 1.04 bits per heavy atom. The van der Waals surface area contributed by atoms with Crippen molar-refractivity contribution < 1.29 is 4.79 Å². The van der Waals surface area contributed by atoms with Gasteiger partial charge in [0.25, 0.3) is 0 Å². The third-order valence-corrected chi connectivity index (χ3v) is 6.07. The molecule has 1 amide bonds. The largest absolute Gasteiger partial charge is 0.348 e. The van der Waals surface area contributed by atoms with E-state index in [-0.39, 0.29) is 5.91 Å². The molecule has 5 heteroatoms. The smallest absolute Gasteiger partial charge is 0.231 e. The van der Waals surface area contributed by atoms with Gasteiger partial charge in [0.2, 0.25) is 5.91 Å². The Hall–Kier alpha value is -1.88. The van der Waals surface area contributed by atoms with Crippen LogP contribution in [0.4, 0.5) is 10.8 Å². The van der Waals surface area contributed by atoms with Crippen molar-refractivity contribution in [3.63, 3.8) is 0 Å². The second-order valence-corrected chi connectivity index (χ2v) is 7.51. The van der Waals surface area contributed by atoms with Gasteiger partial charge in [-0.3, -0.25) is 4.79 Å². The molecule has 0 spiro atoms. The minimum atomic E-state index is 0.258. The number of aromatic nitrogens is 1. The van der Waals surface area contributed by atoms with E-state index in [0.29, 0.717) is 6.42 Å². The summed E-state index contributed by atoms with van der Waals surface area (Å²) in [5, 5.41) is 3.31. The molecule has 2 aromatic rings. The molecule has 0 bridgehead atoms. The number of rotatable bonds is 2. The molecule has 0 aliphatic carbocycles. The van der Waals surface area contributed by atoms with Crippen molar-refractivity contribution in [3.05, 3.63) is 28.6 Å². The Bertz CT molecular complexity index is 792. The number of amides is 1. The lowest BCUT2D eigenvalue weighted by Crippen LogP contribution is -2.31. The zero-order chi connectivity index (χ0) is 15.4. The third-order valence-electron chi connectivity index (χ3n) is 5.17. The van der Waals surface area contributed by atoms with Crippen LogP contribution in [-0.2, 0) is 17.6 Å². The highest BCUT2D eigenvalue weighted by atomic mass is 32.1. The highest BCUT2D eigenvalue weighted by Crippen LogP contribution is 2.40. The van der Waals surface area contributed by atoms with E-state index in [1.807, 2.05) is 4.90 Å². The van der Waals surface area contributed by atoms with E-state index in [2.05, 4.69) is 22.4 Å². The first kappa shape index (κ1) is 13.5. The van der Waals surface area contributed by atoms with Crippen molar-refractivity contribution in [1.29, 1.82) is 0 Å². The maximum absolute atomic E-state index is 12.2. The zero-order valence-corrected chi connectivity index (χ0v) is 13.9. The predicted molar refractivity (Wildman–Crippen MR) is 93.4 cm³/mol. The maximum Gasteiger partial charge on any atom is 0.231 e. The standard InChI is InChI=1S/C18H19N3OS/c22-16-10-14-9-13(8-12-4-3-7-21(16)17(12)14)15-11-23-18(19-15)20-5-1-2-6-20/h8-9,11H,1-7,10H2. The Labute approximate surface area is 139 Å². The van der Waals surface area contributed by atoms with Gasteiger partial charge in [-0.25, -0.2) is 4.98 Å². The predicted octanol–water partition coefficient (Wildman–Crippen LogP) is 3.25. The number of hydrogen-bond donors (Lipinski definition) is 0. The molecular weight excluding hydrogens is 306 g/mol. The van der Waals surface area contributed by atoms with Crippen molar-refractivity contribution in [2.24, 2.45) is 0 Å². The van der Waals surface area contributed by atoms with Gasteiger partial charge in [-0.05, 0) is 48.9 Å². The monoisotopic (exact) mass is 325 g/mol. The summed E-state index contributed by atoms with van der Waals surface area (Å²) < 4.78 is 0. The average Bonchev–Trinajstić information content (AvgIpc) is 3.28. The van der Waals surface area contributed by atoms with Crippen LogP contribution in [0.3, 0.4) is 0 Å². The lowest BCUT2D eigenvalue weighted by Gasteiger charge is -2.25. The minimum absolute atomic E-state index is 0.258. The van der Waals surface area contributed by atoms with Crippen molar-refractivity contribution in [2.75, 3.05) is 29.4 Å². The quantitative estimate of drug-likeness (QED) is 0.850. The average molecular weight is 325 g/mol. The van der Waals surface area contributed by atoms with E-state index in [9.17, 15) is 4.79 Å². The molecule has 3 aliphatic rings. The van der Waals surface area contributed by atoms with E-state index < -0.39 is 0 Å². The molecule has 1 fully saturated rings. The molecule has 0 N–H and O–H groups in total. The van der Waals surface area contributed by atoms with Crippen molar-refractivity contribution >= 4 is 28.1 Å². The van der Waals surface area contributed by atoms with E-state index in [0.717, 1.165) is 43.3 Å². The van der Waals surface area contributed by atoms with Gasteiger partial charge in [0, 0.05) is 30.6 Å². The highest BCUT2D eigenvalue weighted by molar-refractivity contribution is 7.14. The minimum Gasteiger partial charge on any atom is -0.348 e. The Morgan fingerprint density at radius 3 is 2.74 bits per heavy atom. The lowest BCUT2D eigenvalue weighted by molar-refractivity contribution is -0.117. The number of thiazole rings is 1. The van der Waals surface area contributed by atoms with Gasteiger partial charge in [0.05, 0.1) is 17.8 Å². The molecule has 0 saturated carbocycles. The van der Waals surface area contributed by atoms with Gasteiger partial charge in [0.15, 0.2) is 5.13 Å². The van der Waals surface area contributed by atoms with Crippen molar-refractivity contribution in [2.45, 2.75) is 32.1 Å². The number of nitrogens with zero attached hydrogens (tertiary/aromatic N) is 3. The van der Waals surface area contributed by atoms with Gasteiger partial charge in [-0.15, -0.1) is 11.3 Å². The molecular formula is C18H19N3OS. The van der Waals surface area contributed by atoms with E-state index in [1.165, 1.54) is 35.2 Å². The first-order valence-electron chi connectivity index (χ1n) is 8.46. The fourth-order valence-corrected chi connectivity index (χ4v) is 4.97. The molecule has 118 valence electrons. The molecule has 0 radical (unpaired) electrons. The Balaban J connectivity index is 1.55. The van der Waals surface area contributed by atoms with Crippen LogP contribution < -0.4 is 9.80 Å². The molecule has 1 aromatic carbocycles. The SMILES string of the molecule is O=C1Cc2cc(-c3csc(N4CCCC4)n3)cc3c2N1CCC3. The highest BCUT2D eigenvalue weighted by Gasteiger charge is 2.32. The van der Waals surface area contributed by atoms with Crippen LogP contribution in [0.1, 0.15) is 30.4 Å². The van der Waals surface area contributed by atoms with Crippen LogP contribution in [0.25, 0.3) is 11.3 Å². The van der Waals surface area contributed by atoms with E-state index in [1.54, 1.807) is 11.3 Å². The number of aryl methyl sites for hydroxylation is 1. The number of carbonyl (C=O) groups is 1. The number of carbonyl (C=O) groups excluding carboxylic acids is 1. The summed E-state index contributed by atoms with van der Waals surface area (Å²) in [5.74, 6) is 0.258. The first-order valence-corrected chi connectivity index (χ1v) is 9.34. The molecule has 1 aromatic heterocycles. The fourth-order valence-electron chi connectivity index (χ4n) is 4.08. The second kappa shape index (κ2) is 5.06. The molecule has 4 nitrogen and oxygen atoms in total. The molecule has 23 heavy (non-hydrogen) atoms. The summed E-state index contributed by atoms with van der Waals surface area (Å²) >= 11 is 1.74. The maximum atomic E-state index is 12.2. The topological polar surface area (TPSA) is 36.4 Å². The lowest BCUT2D eigenvalue weighted by atomic mass is 9.96. The first-order chi connectivity index (χ1) is 11.3. The van der Waals surface area contributed by atoms with Gasteiger partial charge < -0.3 is 9.80 Å². The molecule has 0 atom stereocenters. The van der Waals surface area contributed by atoms with Crippen molar-refractivity contribution in [1.82, 2.24) is 4.98 Å². The second-order valence-electron chi connectivity index (χ2n) is 6.68. The summed E-state index contributed by atoms with van der Waals surface area (Å²) in [6.07, 6.45) is 5.24. The summed E-state index contributed by atoms with van der Waals surface area (Å²) in [5.41, 5.74) is 5.95. The van der Waals surface area contributed by atoms with E-state index in [4.69, 9.17) is 4.98 Å². The van der Waals surface area contributed by atoms with Crippen LogP contribution in [0.2, 0.25) is 0 Å². The summed E-state index contributed by atoms with van der Waals surface area (Å²) in [6.45, 7) is 3.14. The molecule has 1 saturated heterocycles. The molecule has 0 unspecified atom stereocenters. The van der Waals surface area contributed by atoms with Crippen LogP contribution in [0.5, 0.6) is 0 Å². The number of hydrogen-bond acceptors (Lipinski definition) is 4. The normalized spacial score (nSPS) is 19.6. The van der Waals surface area contributed by atoms with Gasteiger partial charge >= 0.3 is 0 Å². The molecule has 4 heterocycles. The van der Waals surface area contributed by atoms with Crippen LogP contribution in [-0.4, -0.2) is 30.5 Å². The van der Waals surface area contributed by atoms with Gasteiger partial charge in [0.1, 0.15) is 0 Å². The number of benzene rings is 1. The summed E-state index contributed by atoms with van der Waals surface area (Å²) in [4.78, 5) is 21.4. The summed E-state index contributed by atoms with van der Waals surface area (Å²) in [6, 6.07) is 4.44. The van der Waals surface area contributed by atoms with E-state index >= 15 is 0 Å². The van der Waals surface area contributed by atoms with Crippen molar-refractivity contribution in [3.8, 4) is 11.3 Å². The van der Waals surface area contributed by atoms with Crippen LogP contribution >= 0.6 is 11.3 Å². The molecule has 3 aliphatic heterocycles. The van der Waals surface area contributed by atoms with Gasteiger partial charge in [-0.2, -0.15) is 0 Å². The third kappa shape index (κ3) is 2.10.